The van der Waals surface area contributed by atoms with Gasteiger partial charge in [0, 0.05) is 5.69 Å². The molecule has 0 amide bonds. The average molecular weight is 305 g/mol. The molecule has 0 saturated heterocycles. The molecule has 1 N–H and O–H groups in total. The van der Waals surface area contributed by atoms with Crippen molar-refractivity contribution in [1.29, 1.82) is 0 Å². The Hall–Kier alpha value is -2.01. The molecule has 0 aromatic heterocycles. The van der Waals surface area contributed by atoms with Crippen LogP contribution in [-0.2, 0) is 10.0 Å². The minimum atomic E-state index is -3.58. The van der Waals surface area contributed by atoms with Crippen LogP contribution in [0.2, 0.25) is 0 Å². The first kappa shape index (κ1) is 15.4. The largest absolute Gasteiger partial charge is 0.494 e. The number of ether oxygens (including phenoxy) is 1. The van der Waals surface area contributed by atoms with Gasteiger partial charge in [-0.1, -0.05) is 12.1 Å². The molecule has 112 valence electrons. The fraction of sp³-hybridized carbons (Fsp3) is 0.250. The molecule has 0 bridgehead atoms. The topological polar surface area (TPSA) is 55.4 Å². The smallest absolute Gasteiger partial charge is 0.262 e. The number of anilines is 1. The van der Waals surface area contributed by atoms with Gasteiger partial charge in [0.2, 0.25) is 0 Å². The molecule has 21 heavy (non-hydrogen) atoms. The first-order valence-electron chi connectivity index (χ1n) is 6.75. The third-order valence-electron chi connectivity index (χ3n) is 3.05. The predicted molar refractivity (Wildman–Crippen MR) is 84.3 cm³/mol. The molecule has 0 fully saturated rings. The van der Waals surface area contributed by atoms with Gasteiger partial charge >= 0.3 is 0 Å². The van der Waals surface area contributed by atoms with E-state index in [0.717, 1.165) is 11.1 Å². The minimum absolute atomic E-state index is 0.302. The molecule has 0 radical (unpaired) electrons. The third kappa shape index (κ3) is 3.76. The summed E-state index contributed by atoms with van der Waals surface area (Å²) < 4.78 is 32.8. The molecule has 2 aromatic carbocycles. The standard InChI is InChI=1S/C16H19NO3S/c1-4-20-15-9-7-14(8-10-15)17-21(18,19)16-11-12(2)5-6-13(16)3/h5-11,17H,4H2,1-3H3. The number of rotatable bonds is 5. The Morgan fingerprint density at radius 3 is 2.33 bits per heavy atom. The monoisotopic (exact) mass is 305 g/mol. The zero-order valence-corrected chi connectivity index (χ0v) is 13.2. The number of aryl methyl sites for hydroxylation is 2. The highest BCUT2D eigenvalue weighted by atomic mass is 32.2. The number of nitrogens with one attached hydrogen (secondary N) is 1. The zero-order chi connectivity index (χ0) is 15.5. The number of hydrogen-bond acceptors (Lipinski definition) is 3. The van der Waals surface area contributed by atoms with Gasteiger partial charge in [0.1, 0.15) is 5.75 Å². The quantitative estimate of drug-likeness (QED) is 0.919. The van der Waals surface area contributed by atoms with Crippen LogP contribution < -0.4 is 9.46 Å². The van der Waals surface area contributed by atoms with Crippen molar-refractivity contribution >= 4 is 15.7 Å². The van der Waals surface area contributed by atoms with E-state index in [9.17, 15) is 8.42 Å². The SMILES string of the molecule is CCOc1ccc(NS(=O)(=O)c2cc(C)ccc2C)cc1. The average Bonchev–Trinajstić information content (AvgIpc) is 2.43. The van der Waals surface area contributed by atoms with Gasteiger partial charge in [-0.05, 0) is 62.2 Å². The summed E-state index contributed by atoms with van der Waals surface area (Å²) in [5, 5.41) is 0. The van der Waals surface area contributed by atoms with Gasteiger partial charge in [0.05, 0.1) is 11.5 Å². The molecular weight excluding hydrogens is 286 g/mol. The lowest BCUT2D eigenvalue weighted by Gasteiger charge is -2.11. The maximum absolute atomic E-state index is 12.4. The first-order chi connectivity index (χ1) is 9.92. The van der Waals surface area contributed by atoms with Crippen LogP contribution in [0.3, 0.4) is 0 Å². The van der Waals surface area contributed by atoms with Crippen LogP contribution in [0.15, 0.2) is 47.4 Å². The van der Waals surface area contributed by atoms with Gasteiger partial charge in [0.15, 0.2) is 0 Å². The fourth-order valence-electron chi connectivity index (χ4n) is 1.99. The lowest BCUT2D eigenvalue weighted by Crippen LogP contribution is -2.14. The van der Waals surface area contributed by atoms with Gasteiger partial charge in [-0.25, -0.2) is 8.42 Å². The van der Waals surface area contributed by atoms with E-state index in [1.54, 1.807) is 37.3 Å². The van der Waals surface area contributed by atoms with E-state index in [4.69, 9.17) is 4.74 Å². The van der Waals surface area contributed by atoms with Crippen molar-refractivity contribution in [1.82, 2.24) is 0 Å². The number of benzene rings is 2. The summed E-state index contributed by atoms with van der Waals surface area (Å²) in [7, 11) is -3.58. The zero-order valence-electron chi connectivity index (χ0n) is 12.4. The minimum Gasteiger partial charge on any atom is -0.494 e. The first-order valence-corrected chi connectivity index (χ1v) is 8.23. The van der Waals surface area contributed by atoms with Gasteiger partial charge in [0.25, 0.3) is 10.0 Å². The normalized spacial score (nSPS) is 11.2. The molecule has 4 nitrogen and oxygen atoms in total. The number of hydrogen-bond donors (Lipinski definition) is 1. The fourth-order valence-corrected chi connectivity index (χ4v) is 3.38. The molecule has 0 aliphatic carbocycles. The highest BCUT2D eigenvalue weighted by molar-refractivity contribution is 7.92. The van der Waals surface area contributed by atoms with Gasteiger partial charge in [-0.2, -0.15) is 0 Å². The summed E-state index contributed by atoms with van der Waals surface area (Å²) in [6.07, 6.45) is 0. The van der Waals surface area contributed by atoms with Crippen molar-refractivity contribution in [2.45, 2.75) is 25.7 Å². The second-order valence-corrected chi connectivity index (χ2v) is 6.48. The van der Waals surface area contributed by atoms with Crippen LogP contribution in [0.5, 0.6) is 5.75 Å². The van der Waals surface area contributed by atoms with Crippen LogP contribution in [0.1, 0.15) is 18.1 Å². The Morgan fingerprint density at radius 1 is 1.05 bits per heavy atom. The maximum atomic E-state index is 12.4. The molecule has 5 heteroatoms. The molecule has 0 unspecified atom stereocenters. The van der Waals surface area contributed by atoms with Crippen LogP contribution in [0.25, 0.3) is 0 Å². The van der Waals surface area contributed by atoms with Crippen molar-refractivity contribution in [2.75, 3.05) is 11.3 Å². The van der Waals surface area contributed by atoms with E-state index < -0.39 is 10.0 Å². The summed E-state index contributed by atoms with van der Waals surface area (Å²) in [5.74, 6) is 0.715. The van der Waals surface area contributed by atoms with Gasteiger partial charge in [-0.15, -0.1) is 0 Å². The second-order valence-electron chi connectivity index (χ2n) is 4.83. The molecule has 0 aliphatic rings. The predicted octanol–water partition coefficient (Wildman–Crippen LogP) is 3.50. The maximum Gasteiger partial charge on any atom is 0.262 e. The van der Waals surface area contributed by atoms with Crippen molar-refractivity contribution in [3.05, 3.63) is 53.6 Å². The van der Waals surface area contributed by atoms with E-state index in [-0.39, 0.29) is 0 Å². The van der Waals surface area contributed by atoms with E-state index in [2.05, 4.69) is 4.72 Å². The Kier molecular flexibility index (Phi) is 4.53. The molecule has 0 spiro atoms. The molecule has 0 atom stereocenters. The molecule has 2 aromatic rings. The lowest BCUT2D eigenvalue weighted by molar-refractivity contribution is 0.340. The van der Waals surface area contributed by atoms with Crippen LogP contribution >= 0.6 is 0 Å². The molecular formula is C16H19NO3S. The van der Waals surface area contributed by atoms with E-state index >= 15 is 0 Å². The third-order valence-corrected chi connectivity index (χ3v) is 4.57. The second kappa shape index (κ2) is 6.18. The Balaban J connectivity index is 2.26. The Labute approximate surface area is 125 Å². The van der Waals surface area contributed by atoms with E-state index in [1.807, 2.05) is 26.0 Å². The van der Waals surface area contributed by atoms with Crippen molar-refractivity contribution in [3.8, 4) is 5.75 Å². The van der Waals surface area contributed by atoms with Gasteiger partial charge < -0.3 is 4.74 Å². The lowest BCUT2D eigenvalue weighted by atomic mass is 10.2. The van der Waals surface area contributed by atoms with Crippen molar-refractivity contribution in [2.24, 2.45) is 0 Å². The van der Waals surface area contributed by atoms with Crippen LogP contribution in [0.4, 0.5) is 5.69 Å². The van der Waals surface area contributed by atoms with Crippen LogP contribution in [0, 0.1) is 13.8 Å². The summed E-state index contributed by atoms with van der Waals surface area (Å²) >= 11 is 0. The van der Waals surface area contributed by atoms with Crippen molar-refractivity contribution in [3.63, 3.8) is 0 Å². The number of sulfonamides is 1. The summed E-state index contributed by atoms with van der Waals surface area (Å²) in [4.78, 5) is 0.302. The van der Waals surface area contributed by atoms with Crippen molar-refractivity contribution < 1.29 is 13.2 Å². The van der Waals surface area contributed by atoms with E-state index in [0.29, 0.717) is 22.9 Å². The van der Waals surface area contributed by atoms with Gasteiger partial charge in [-0.3, -0.25) is 4.72 Å². The Morgan fingerprint density at radius 2 is 1.71 bits per heavy atom. The summed E-state index contributed by atoms with van der Waals surface area (Å²) in [6, 6.07) is 12.2. The molecule has 2 rings (SSSR count). The summed E-state index contributed by atoms with van der Waals surface area (Å²) in [5.41, 5.74) is 2.14. The highest BCUT2D eigenvalue weighted by Crippen LogP contribution is 2.22. The summed E-state index contributed by atoms with van der Waals surface area (Å²) in [6.45, 7) is 6.13. The van der Waals surface area contributed by atoms with E-state index in [1.165, 1.54) is 0 Å². The van der Waals surface area contributed by atoms with Crippen LogP contribution in [-0.4, -0.2) is 15.0 Å². The molecule has 0 saturated carbocycles. The highest BCUT2D eigenvalue weighted by Gasteiger charge is 2.17. The Bertz CT molecular complexity index is 722. The molecule has 0 heterocycles. The molecule has 0 aliphatic heterocycles.